The first kappa shape index (κ1) is 38.4. The second-order valence-corrected chi connectivity index (χ2v) is 14.1. The average Bonchev–Trinajstić information content (AvgIpc) is 3.39. The summed E-state index contributed by atoms with van der Waals surface area (Å²) < 4.78 is 23.6. The van der Waals surface area contributed by atoms with Gasteiger partial charge in [0.15, 0.2) is 0 Å². The number of methoxy groups -OCH3 is 1. The lowest BCUT2D eigenvalue weighted by Gasteiger charge is -2.47. The third kappa shape index (κ3) is 8.15. The van der Waals surface area contributed by atoms with Crippen LogP contribution in [0.2, 0.25) is 0 Å². The number of phenols is 1. The van der Waals surface area contributed by atoms with Crippen molar-refractivity contribution in [2.75, 3.05) is 20.3 Å². The maximum absolute atomic E-state index is 14.0. The zero-order valence-electron chi connectivity index (χ0n) is 29.6. The van der Waals surface area contributed by atoms with Crippen molar-refractivity contribution in [1.82, 2.24) is 0 Å². The number of carbonyl (C=O) groups is 2. The van der Waals surface area contributed by atoms with E-state index < -0.39 is 29.2 Å². The van der Waals surface area contributed by atoms with Crippen molar-refractivity contribution in [3.8, 4) is 5.75 Å². The van der Waals surface area contributed by atoms with Gasteiger partial charge in [-0.1, -0.05) is 53.7 Å². The maximum atomic E-state index is 14.0. The minimum absolute atomic E-state index is 0.000665. The van der Waals surface area contributed by atoms with Crippen molar-refractivity contribution >= 4 is 11.8 Å². The molecule has 2 heterocycles. The molecule has 0 saturated carbocycles. The molecule has 2 aliphatic heterocycles. The molecule has 9 nitrogen and oxygen atoms in total. The number of carbonyl (C=O) groups excluding carboxylic acids is 2. The zero-order valence-corrected chi connectivity index (χ0v) is 29.6. The van der Waals surface area contributed by atoms with Crippen LogP contribution in [0.15, 0.2) is 12.1 Å². The van der Waals surface area contributed by atoms with Crippen LogP contribution < -0.4 is 0 Å². The summed E-state index contributed by atoms with van der Waals surface area (Å²) in [6.45, 7) is 15.9. The molecule has 0 radical (unpaired) electrons. The van der Waals surface area contributed by atoms with Crippen LogP contribution in [0.4, 0.5) is 0 Å². The molecule has 0 aromatic heterocycles. The van der Waals surface area contributed by atoms with E-state index in [4.69, 9.17) is 18.9 Å². The lowest BCUT2D eigenvalue weighted by molar-refractivity contribution is -0.229. The van der Waals surface area contributed by atoms with Gasteiger partial charge >= 0.3 is 5.97 Å². The van der Waals surface area contributed by atoms with Crippen LogP contribution >= 0.6 is 0 Å². The number of phenolic OH excluding ortho intramolecular Hbond substituents is 1. The molecule has 0 aliphatic carbocycles. The van der Waals surface area contributed by atoms with Crippen molar-refractivity contribution < 1.29 is 43.9 Å². The fourth-order valence-corrected chi connectivity index (χ4v) is 7.73. The van der Waals surface area contributed by atoms with Gasteiger partial charge < -0.3 is 34.3 Å². The van der Waals surface area contributed by atoms with E-state index in [0.29, 0.717) is 49.7 Å². The van der Waals surface area contributed by atoms with Crippen LogP contribution in [0.1, 0.15) is 115 Å². The van der Waals surface area contributed by atoms with Gasteiger partial charge in [0.25, 0.3) is 0 Å². The van der Waals surface area contributed by atoms with Crippen molar-refractivity contribution in [3.05, 3.63) is 28.8 Å². The Morgan fingerprint density at radius 3 is 2.39 bits per heavy atom. The summed E-state index contributed by atoms with van der Waals surface area (Å²) in [6, 6.07) is 3.57. The molecule has 0 bridgehead atoms. The molecule has 3 N–H and O–H groups in total. The van der Waals surface area contributed by atoms with Crippen molar-refractivity contribution in [3.63, 3.8) is 0 Å². The predicted octanol–water partition coefficient (Wildman–Crippen LogP) is 5.95. The molecule has 2 aliphatic rings. The molecular formula is C37H60O9. The molecule has 0 spiro atoms. The molecule has 3 rings (SSSR count). The van der Waals surface area contributed by atoms with E-state index in [1.54, 1.807) is 26.0 Å². The minimum Gasteiger partial charge on any atom is -0.507 e. The standard InChI is InChI=1S/C37H60O9/c1-10-28(34-24(6)21-37(12-3,46-34)29-17-18-36(42,11-2)26(8)45-29)33(40)25(7)31(38)22(4)13-15-27-16-14-23(5)32(39)30(27)35(41)44-20-19-43-9/h14,16,22,24-26,28-29,31,34,38-39,42H,10-13,15,17-21H2,1-9H3/t22-,24+,25+,26+,28+,29?,31+,34?,36-,37+/m1/s1. The van der Waals surface area contributed by atoms with Gasteiger partial charge in [-0.3, -0.25) is 4.79 Å². The number of hydrogen-bond donors (Lipinski definition) is 3. The third-order valence-corrected chi connectivity index (χ3v) is 11.2. The van der Waals surface area contributed by atoms with Gasteiger partial charge in [0.05, 0.1) is 42.2 Å². The first-order valence-corrected chi connectivity index (χ1v) is 17.4. The Bertz CT molecular complexity index is 1170. The number of rotatable bonds is 16. The number of aliphatic hydroxyl groups excluding tert-OH is 1. The predicted molar refractivity (Wildman–Crippen MR) is 177 cm³/mol. The highest BCUT2D eigenvalue weighted by Gasteiger charge is 2.55. The molecule has 46 heavy (non-hydrogen) atoms. The molecule has 2 unspecified atom stereocenters. The van der Waals surface area contributed by atoms with Gasteiger partial charge in [0.2, 0.25) is 0 Å². The normalized spacial score (nSPS) is 30.8. The van der Waals surface area contributed by atoms with Gasteiger partial charge in [-0.15, -0.1) is 0 Å². The van der Waals surface area contributed by atoms with Gasteiger partial charge in [-0.2, -0.15) is 0 Å². The molecule has 1 aromatic carbocycles. The van der Waals surface area contributed by atoms with Gasteiger partial charge in [0.1, 0.15) is 23.7 Å². The smallest absolute Gasteiger partial charge is 0.342 e. The SMILES string of the molecule is CC[C@@H](C(=O)[C@@H](C)[C@@H](O)[C@H](C)CCc1ccc(C)c(O)c1C(=O)OCCOC)C1O[C@](CC)(C2CC[C@](O)(CC)[C@H](C)O2)C[C@@H]1C. The van der Waals surface area contributed by atoms with Gasteiger partial charge in [-0.25, -0.2) is 4.79 Å². The van der Waals surface area contributed by atoms with Crippen LogP contribution in [-0.4, -0.2) is 83.0 Å². The van der Waals surface area contributed by atoms with Crippen LogP contribution in [0.5, 0.6) is 5.75 Å². The Hall–Kier alpha value is -2.04. The number of esters is 1. The molecule has 10 atom stereocenters. The largest absolute Gasteiger partial charge is 0.507 e. The van der Waals surface area contributed by atoms with E-state index in [1.807, 2.05) is 27.7 Å². The fourth-order valence-electron chi connectivity index (χ4n) is 7.73. The van der Waals surface area contributed by atoms with Crippen molar-refractivity contribution in [2.24, 2.45) is 23.7 Å². The summed E-state index contributed by atoms with van der Waals surface area (Å²) in [5, 5.41) is 33.0. The first-order valence-electron chi connectivity index (χ1n) is 17.4. The first-order chi connectivity index (χ1) is 21.7. The Morgan fingerprint density at radius 1 is 1.11 bits per heavy atom. The van der Waals surface area contributed by atoms with Crippen LogP contribution in [-0.2, 0) is 30.2 Å². The maximum Gasteiger partial charge on any atom is 0.342 e. The van der Waals surface area contributed by atoms with E-state index in [-0.39, 0.29) is 66.4 Å². The van der Waals surface area contributed by atoms with Crippen LogP contribution in [0.25, 0.3) is 0 Å². The fraction of sp³-hybridized carbons (Fsp3) is 0.784. The van der Waals surface area contributed by atoms with Crippen LogP contribution in [0, 0.1) is 30.6 Å². The van der Waals surface area contributed by atoms with E-state index in [2.05, 4.69) is 13.8 Å². The molecular weight excluding hydrogens is 588 g/mol. The Kier molecular flexibility index (Phi) is 13.7. The Balaban J connectivity index is 1.69. The number of ether oxygens (including phenoxy) is 4. The number of Topliss-reactive ketones (excluding diaryl/α,β-unsaturated/α-hetero) is 1. The molecule has 2 fully saturated rings. The van der Waals surface area contributed by atoms with Crippen LogP contribution in [0.3, 0.4) is 0 Å². The van der Waals surface area contributed by atoms with Crippen molar-refractivity contribution in [2.45, 2.75) is 142 Å². The van der Waals surface area contributed by atoms with E-state index in [1.165, 1.54) is 7.11 Å². The lowest BCUT2D eigenvalue weighted by Crippen LogP contribution is -2.55. The average molecular weight is 649 g/mol. The number of hydrogen-bond acceptors (Lipinski definition) is 9. The summed E-state index contributed by atoms with van der Waals surface area (Å²) in [4.78, 5) is 26.8. The minimum atomic E-state index is -0.889. The summed E-state index contributed by atoms with van der Waals surface area (Å²) in [7, 11) is 1.52. The molecule has 2 saturated heterocycles. The number of ketones is 1. The molecule has 9 heteroatoms. The number of aliphatic hydroxyl groups is 2. The second-order valence-electron chi connectivity index (χ2n) is 14.1. The second kappa shape index (κ2) is 16.4. The zero-order chi connectivity index (χ0) is 34.4. The summed E-state index contributed by atoms with van der Waals surface area (Å²) in [5.74, 6) is -1.80. The number of aromatic hydroxyl groups is 1. The summed E-state index contributed by atoms with van der Waals surface area (Å²) in [6.07, 6.45) is 3.48. The van der Waals surface area contributed by atoms with Gasteiger partial charge in [-0.05, 0) is 88.2 Å². The van der Waals surface area contributed by atoms with Crippen molar-refractivity contribution in [1.29, 1.82) is 0 Å². The highest BCUT2D eigenvalue weighted by atomic mass is 16.6. The monoisotopic (exact) mass is 648 g/mol. The third-order valence-electron chi connectivity index (χ3n) is 11.2. The van der Waals surface area contributed by atoms with E-state index >= 15 is 0 Å². The topological polar surface area (TPSA) is 132 Å². The molecule has 0 amide bonds. The highest BCUT2D eigenvalue weighted by Crippen LogP contribution is 2.48. The number of aryl methyl sites for hydroxylation is 2. The Labute approximate surface area is 276 Å². The summed E-state index contributed by atoms with van der Waals surface area (Å²) >= 11 is 0. The summed E-state index contributed by atoms with van der Waals surface area (Å²) in [5.41, 5.74) is 0.000666. The molecule has 1 aromatic rings. The lowest BCUT2D eigenvalue weighted by atomic mass is 9.76. The quantitative estimate of drug-likeness (QED) is 0.147. The Morgan fingerprint density at radius 2 is 1.80 bits per heavy atom. The van der Waals surface area contributed by atoms with E-state index in [9.17, 15) is 24.9 Å². The molecule has 262 valence electrons. The van der Waals surface area contributed by atoms with E-state index in [0.717, 1.165) is 12.8 Å². The van der Waals surface area contributed by atoms with Gasteiger partial charge in [0, 0.05) is 18.9 Å². The number of benzene rings is 1. The highest BCUT2D eigenvalue weighted by molar-refractivity contribution is 5.94.